The topological polar surface area (TPSA) is 101 Å². The van der Waals surface area contributed by atoms with Crippen molar-refractivity contribution in [2.45, 2.75) is 6.92 Å². The van der Waals surface area contributed by atoms with E-state index >= 15 is 0 Å². The second-order valence-electron chi connectivity index (χ2n) is 3.98. The quantitative estimate of drug-likeness (QED) is 0.829. The minimum Gasteiger partial charge on any atom is -0.480 e. The summed E-state index contributed by atoms with van der Waals surface area (Å²) in [5.41, 5.74) is 5.88. The van der Waals surface area contributed by atoms with E-state index in [1.54, 1.807) is 19.1 Å². The van der Waals surface area contributed by atoms with Gasteiger partial charge in [-0.25, -0.2) is 0 Å². The Labute approximate surface area is 114 Å². The second-order valence-corrected chi connectivity index (χ2v) is 4.42. The van der Waals surface area contributed by atoms with Gasteiger partial charge in [0.15, 0.2) is 0 Å². The fourth-order valence-electron chi connectivity index (χ4n) is 1.55. The molecule has 7 heteroatoms. The van der Waals surface area contributed by atoms with E-state index in [9.17, 15) is 14.4 Å². The number of aliphatic carboxylic acids is 1. The highest BCUT2D eigenvalue weighted by atomic mass is 35.5. The number of nitrogens with two attached hydrogens (primary N) is 1. The first-order valence-corrected chi connectivity index (χ1v) is 5.74. The van der Waals surface area contributed by atoms with Crippen molar-refractivity contribution in [1.29, 1.82) is 0 Å². The van der Waals surface area contributed by atoms with Crippen LogP contribution in [0, 0.1) is 6.92 Å². The molecule has 0 bridgehead atoms. The molecule has 0 aliphatic carbocycles. The third-order valence-electron chi connectivity index (χ3n) is 2.39. The first-order chi connectivity index (χ1) is 8.81. The van der Waals surface area contributed by atoms with E-state index < -0.39 is 30.9 Å². The number of carbonyl (C=O) groups is 3. The van der Waals surface area contributed by atoms with Crippen LogP contribution >= 0.6 is 11.6 Å². The summed E-state index contributed by atoms with van der Waals surface area (Å²) in [6.07, 6.45) is 0. The van der Waals surface area contributed by atoms with Gasteiger partial charge in [-0.15, -0.1) is 0 Å². The zero-order valence-electron chi connectivity index (χ0n) is 10.2. The summed E-state index contributed by atoms with van der Waals surface area (Å²) >= 11 is 5.80. The minimum absolute atomic E-state index is 0.245. The number of carboxylic acids is 1. The van der Waals surface area contributed by atoms with Crippen molar-refractivity contribution in [2.75, 3.05) is 13.1 Å². The van der Waals surface area contributed by atoms with E-state index in [0.717, 1.165) is 4.90 Å². The lowest BCUT2D eigenvalue weighted by molar-refractivity contribution is -0.138. The van der Waals surface area contributed by atoms with Crippen molar-refractivity contribution in [1.82, 2.24) is 4.90 Å². The Morgan fingerprint density at radius 1 is 1.32 bits per heavy atom. The van der Waals surface area contributed by atoms with Gasteiger partial charge in [0.25, 0.3) is 5.91 Å². The second kappa shape index (κ2) is 6.19. The Bertz CT molecular complexity index is 514. The van der Waals surface area contributed by atoms with E-state index in [-0.39, 0.29) is 5.56 Å². The number of halogens is 1. The average Bonchev–Trinajstić information content (AvgIpc) is 2.29. The van der Waals surface area contributed by atoms with Crippen molar-refractivity contribution in [3.8, 4) is 0 Å². The van der Waals surface area contributed by atoms with Crippen molar-refractivity contribution >= 4 is 29.4 Å². The lowest BCUT2D eigenvalue weighted by Gasteiger charge is -2.20. The van der Waals surface area contributed by atoms with Crippen LogP contribution in [0.15, 0.2) is 18.2 Å². The van der Waals surface area contributed by atoms with E-state index in [4.69, 9.17) is 22.4 Å². The van der Waals surface area contributed by atoms with Gasteiger partial charge in [0.2, 0.25) is 5.91 Å². The first kappa shape index (κ1) is 15.0. The summed E-state index contributed by atoms with van der Waals surface area (Å²) in [7, 11) is 0. The SMILES string of the molecule is Cc1ccc(Cl)cc1C(=O)N(CC(N)=O)CC(=O)O. The minimum atomic E-state index is -1.23. The summed E-state index contributed by atoms with van der Waals surface area (Å²) < 4.78 is 0. The number of hydrogen-bond donors (Lipinski definition) is 2. The standard InChI is InChI=1S/C12H13ClN2O4/c1-7-2-3-8(13)4-9(7)12(19)15(5-10(14)16)6-11(17)18/h2-4H,5-6H2,1H3,(H2,14,16)(H,17,18). The van der Waals surface area contributed by atoms with Crippen LogP contribution in [0.25, 0.3) is 0 Å². The summed E-state index contributed by atoms with van der Waals surface area (Å²) in [6, 6.07) is 4.68. The molecule has 0 atom stereocenters. The molecule has 0 fully saturated rings. The Hall–Kier alpha value is -2.08. The Kier molecular flexibility index (Phi) is 4.88. The summed E-state index contributed by atoms with van der Waals surface area (Å²) in [5, 5.41) is 9.09. The predicted molar refractivity (Wildman–Crippen MR) is 68.9 cm³/mol. The molecule has 19 heavy (non-hydrogen) atoms. The molecule has 1 aromatic rings. The molecule has 6 nitrogen and oxygen atoms in total. The molecule has 0 aromatic heterocycles. The highest BCUT2D eigenvalue weighted by molar-refractivity contribution is 6.31. The van der Waals surface area contributed by atoms with Gasteiger partial charge < -0.3 is 15.7 Å². The lowest BCUT2D eigenvalue weighted by Crippen LogP contribution is -2.41. The Balaban J connectivity index is 3.07. The molecule has 0 aliphatic heterocycles. The maximum atomic E-state index is 12.2. The van der Waals surface area contributed by atoms with Crippen LogP contribution in [0.2, 0.25) is 5.02 Å². The summed E-state index contributed by atoms with van der Waals surface area (Å²) in [4.78, 5) is 34.6. The maximum Gasteiger partial charge on any atom is 0.323 e. The van der Waals surface area contributed by atoms with Gasteiger partial charge in [0.05, 0.1) is 0 Å². The van der Waals surface area contributed by atoms with E-state index in [0.29, 0.717) is 10.6 Å². The van der Waals surface area contributed by atoms with Gasteiger partial charge in [-0.3, -0.25) is 14.4 Å². The number of aryl methyl sites for hydroxylation is 1. The van der Waals surface area contributed by atoms with Crippen LogP contribution in [0.1, 0.15) is 15.9 Å². The highest BCUT2D eigenvalue weighted by Crippen LogP contribution is 2.17. The molecule has 102 valence electrons. The van der Waals surface area contributed by atoms with Crippen LogP contribution in [0.4, 0.5) is 0 Å². The fourth-order valence-corrected chi connectivity index (χ4v) is 1.72. The molecule has 0 aliphatic rings. The molecule has 2 amide bonds. The number of nitrogens with zero attached hydrogens (tertiary/aromatic N) is 1. The largest absolute Gasteiger partial charge is 0.480 e. The third kappa shape index (κ3) is 4.26. The van der Waals surface area contributed by atoms with E-state index in [1.807, 2.05) is 0 Å². The van der Waals surface area contributed by atoms with Crippen LogP contribution < -0.4 is 5.73 Å². The molecule has 0 saturated carbocycles. The Morgan fingerprint density at radius 2 is 1.95 bits per heavy atom. The van der Waals surface area contributed by atoms with Gasteiger partial charge in [0.1, 0.15) is 13.1 Å². The van der Waals surface area contributed by atoms with Crippen molar-refractivity contribution in [3.05, 3.63) is 34.3 Å². The molecule has 0 unspecified atom stereocenters. The van der Waals surface area contributed by atoms with Crippen molar-refractivity contribution in [2.24, 2.45) is 5.73 Å². The zero-order chi connectivity index (χ0) is 14.6. The van der Waals surface area contributed by atoms with Gasteiger partial charge in [-0.05, 0) is 24.6 Å². The average molecular weight is 285 g/mol. The summed E-state index contributed by atoms with van der Waals surface area (Å²) in [6.45, 7) is 0.623. The van der Waals surface area contributed by atoms with Gasteiger partial charge >= 0.3 is 5.97 Å². The van der Waals surface area contributed by atoms with Gasteiger partial charge in [-0.1, -0.05) is 17.7 Å². The van der Waals surface area contributed by atoms with Crippen LogP contribution in [-0.2, 0) is 9.59 Å². The normalized spacial score (nSPS) is 10.0. The first-order valence-electron chi connectivity index (χ1n) is 5.36. The number of amides is 2. The van der Waals surface area contributed by atoms with Crippen molar-refractivity contribution < 1.29 is 19.5 Å². The smallest absolute Gasteiger partial charge is 0.323 e. The number of benzene rings is 1. The number of primary amides is 1. The van der Waals surface area contributed by atoms with E-state index in [2.05, 4.69) is 0 Å². The molecule has 3 N–H and O–H groups in total. The van der Waals surface area contributed by atoms with Crippen LogP contribution in [-0.4, -0.2) is 40.9 Å². The molecule has 1 rings (SSSR count). The van der Waals surface area contributed by atoms with Crippen LogP contribution in [0.5, 0.6) is 0 Å². The lowest BCUT2D eigenvalue weighted by atomic mass is 10.1. The molecule has 0 heterocycles. The zero-order valence-corrected chi connectivity index (χ0v) is 11.0. The monoisotopic (exact) mass is 284 g/mol. The van der Waals surface area contributed by atoms with Crippen molar-refractivity contribution in [3.63, 3.8) is 0 Å². The maximum absolute atomic E-state index is 12.2. The van der Waals surface area contributed by atoms with Gasteiger partial charge in [0, 0.05) is 10.6 Å². The Morgan fingerprint density at radius 3 is 2.47 bits per heavy atom. The molecule has 0 radical (unpaired) electrons. The molecule has 0 saturated heterocycles. The van der Waals surface area contributed by atoms with E-state index in [1.165, 1.54) is 6.07 Å². The van der Waals surface area contributed by atoms with Gasteiger partial charge in [-0.2, -0.15) is 0 Å². The number of carboxylic acid groups (broad SMARTS) is 1. The van der Waals surface area contributed by atoms with Crippen LogP contribution in [0.3, 0.4) is 0 Å². The molecular weight excluding hydrogens is 272 g/mol. The third-order valence-corrected chi connectivity index (χ3v) is 2.63. The number of carbonyl (C=O) groups excluding carboxylic acids is 2. The fraction of sp³-hybridized carbons (Fsp3) is 0.250. The molecule has 0 spiro atoms. The number of hydrogen-bond acceptors (Lipinski definition) is 3. The number of rotatable bonds is 5. The predicted octanol–water partition coefficient (Wildman–Crippen LogP) is 0.661. The highest BCUT2D eigenvalue weighted by Gasteiger charge is 2.21. The molecular formula is C12H13ClN2O4. The molecule has 1 aromatic carbocycles. The summed E-state index contributed by atoms with van der Waals surface area (Å²) in [5.74, 6) is -2.61.